The second-order valence-corrected chi connectivity index (χ2v) is 7.51. The molecular weight excluding hydrogens is 397 g/mol. The molecule has 2 aromatic carbocycles. The summed E-state index contributed by atoms with van der Waals surface area (Å²) in [6.07, 6.45) is 0.0120. The smallest absolute Gasteiger partial charge is 0.254 e. The van der Waals surface area contributed by atoms with Crippen molar-refractivity contribution in [3.63, 3.8) is 0 Å². The second kappa shape index (κ2) is 9.24. The molecule has 0 saturated carbocycles. The van der Waals surface area contributed by atoms with E-state index in [-0.39, 0.29) is 30.3 Å². The van der Waals surface area contributed by atoms with Crippen LogP contribution in [0.5, 0.6) is 0 Å². The number of morpholine rings is 1. The zero-order chi connectivity index (χ0) is 21.0. The molecule has 0 aromatic heterocycles. The van der Waals surface area contributed by atoms with Crippen LogP contribution in [0.1, 0.15) is 24.2 Å². The van der Waals surface area contributed by atoms with E-state index in [0.717, 1.165) is 0 Å². The summed E-state index contributed by atoms with van der Waals surface area (Å²) in [7, 11) is 0. The number of rotatable bonds is 5. The molecule has 2 atom stereocenters. The third-order valence-electron chi connectivity index (χ3n) is 4.49. The highest BCUT2D eigenvalue weighted by Crippen LogP contribution is 2.20. The van der Waals surface area contributed by atoms with Crippen molar-refractivity contribution in [2.24, 2.45) is 0 Å². The van der Waals surface area contributed by atoms with Crippen LogP contribution >= 0.6 is 11.6 Å². The molecule has 2 amide bonds. The van der Waals surface area contributed by atoms with Crippen LogP contribution < -0.4 is 10.6 Å². The Hall–Kier alpha value is -2.64. The molecule has 1 aliphatic rings. The molecule has 8 heteroatoms. The minimum Gasteiger partial charge on any atom is -0.376 e. The predicted octanol–water partition coefficient (Wildman–Crippen LogP) is 3.78. The average Bonchev–Trinajstić information content (AvgIpc) is 2.68. The molecule has 6 nitrogen and oxygen atoms in total. The number of hydrogen-bond acceptors (Lipinski definition) is 4. The first-order valence-electron chi connectivity index (χ1n) is 9.35. The summed E-state index contributed by atoms with van der Waals surface area (Å²) in [5, 5.41) is 5.75. The molecule has 29 heavy (non-hydrogen) atoms. The topological polar surface area (TPSA) is 70.7 Å². The SMILES string of the molecule is CC1CN(C(=O)c2ccc(NCC(=O)Nc3cc(Cl)ccc3F)cc2)CC(C)O1. The minimum atomic E-state index is -0.558. The first-order valence-corrected chi connectivity index (χ1v) is 9.73. The van der Waals surface area contributed by atoms with Crippen molar-refractivity contribution in [3.05, 3.63) is 58.9 Å². The van der Waals surface area contributed by atoms with Gasteiger partial charge in [-0.3, -0.25) is 9.59 Å². The largest absolute Gasteiger partial charge is 0.376 e. The van der Waals surface area contributed by atoms with Crippen LogP contribution in [0.2, 0.25) is 5.02 Å². The summed E-state index contributed by atoms with van der Waals surface area (Å²) in [4.78, 5) is 26.5. The van der Waals surface area contributed by atoms with Crippen molar-refractivity contribution < 1.29 is 18.7 Å². The highest BCUT2D eigenvalue weighted by molar-refractivity contribution is 6.30. The fourth-order valence-electron chi connectivity index (χ4n) is 3.23. The molecule has 2 unspecified atom stereocenters. The lowest BCUT2D eigenvalue weighted by Gasteiger charge is -2.35. The quantitative estimate of drug-likeness (QED) is 0.773. The summed E-state index contributed by atoms with van der Waals surface area (Å²) < 4.78 is 19.3. The van der Waals surface area contributed by atoms with Crippen LogP contribution in [0.15, 0.2) is 42.5 Å². The summed E-state index contributed by atoms with van der Waals surface area (Å²) in [5.41, 5.74) is 1.27. The third kappa shape index (κ3) is 5.68. The number of carbonyl (C=O) groups excluding carboxylic acids is 2. The van der Waals surface area contributed by atoms with Gasteiger partial charge in [-0.1, -0.05) is 11.6 Å². The maximum absolute atomic E-state index is 13.7. The fraction of sp³-hybridized carbons (Fsp3) is 0.333. The molecule has 2 aromatic rings. The zero-order valence-electron chi connectivity index (χ0n) is 16.2. The maximum atomic E-state index is 13.7. The molecule has 1 heterocycles. The molecule has 0 spiro atoms. The summed E-state index contributed by atoms with van der Waals surface area (Å²) >= 11 is 5.81. The van der Waals surface area contributed by atoms with Crippen molar-refractivity contribution >= 4 is 34.8 Å². The van der Waals surface area contributed by atoms with Gasteiger partial charge in [0.15, 0.2) is 0 Å². The van der Waals surface area contributed by atoms with E-state index in [4.69, 9.17) is 16.3 Å². The van der Waals surface area contributed by atoms with E-state index in [9.17, 15) is 14.0 Å². The van der Waals surface area contributed by atoms with Crippen molar-refractivity contribution in [1.82, 2.24) is 4.90 Å². The lowest BCUT2D eigenvalue weighted by Crippen LogP contribution is -2.48. The molecule has 2 N–H and O–H groups in total. The van der Waals surface area contributed by atoms with Gasteiger partial charge in [0.25, 0.3) is 5.91 Å². The van der Waals surface area contributed by atoms with Crippen LogP contribution in [0.25, 0.3) is 0 Å². The Labute approximate surface area is 174 Å². The number of hydrogen-bond donors (Lipinski definition) is 2. The maximum Gasteiger partial charge on any atom is 0.254 e. The fourth-order valence-corrected chi connectivity index (χ4v) is 3.40. The van der Waals surface area contributed by atoms with Crippen LogP contribution in [-0.4, -0.2) is 48.6 Å². The number of amides is 2. The molecule has 1 aliphatic heterocycles. The summed E-state index contributed by atoms with van der Waals surface area (Å²) in [6, 6.07) is 10.8. The lowest BCUT2D eigenvalue weighted by atomic mass is 10.1. The van der Waals surface area contributed by atoms with Gasteiger partial charge in [-0.15, -0.1) is 0 Å². The van der Waals surface area contributed by atoms with Gasteiger partial charge >= 0.3 is 0 Å². The Bertz CT molecular complexity index is 881. The first-order chi connectivity index (χ1) is 13.8. The van der Waals surface area contributed by atoms with Gasteiger partial charge in [0, 0.05) is 29.4 Å². The number of nitrogens with one attached hydrogen (secondary N) is 2. The van der Waals surface area contributed by atoms with Crippen LogP contribution in [0.4, 0.5) is 15.8 Å². The van der Waals surface area contributed by atoms with Crippen LogP contribution in [-0.2, 0) is 9.53 Å². The second-order valence-electron chi connectivity index (χ2n) is 7.07. The van der Waals surface area contributed by atoms with E-state index < -0.39 is 11.7 Å². The number of anilines is 2. The van der Waals surface area contributed by atoms with Crippen molar-refractivity contribution in [2.45, 2.75) is 26.1 Å². The third-order valence-corrected chi connectivity index (χ3v) is 4.73. The Balaban J connectivity index is 1.54. The van der Waals surface area contributed by atoms with Crippen molar-refractivity contribution in [3.8, 4) is 0 Å². The zero-order valence-corrected chi connectivity index (χ0v) is 17.0. The van der Waals surface area contributed by atoms with Crippen LogP contribution in [0.3, 0.4) is 0 Å². The molecule has 0 radical (unpaired) electrons. The van der Waals surface area contributed by atoms with Gasteiger partial charge in [-0.25, -0.2) is 4.39 Å². The number of ether oxygens (including phenoxy) is 1. The molecule has 1 saturated heterocycles. The minimum absolute atomic E-state index is 0.00600. The van der Waals surface area contributed by atoms with Crippen molar-refractivity contribution in [2.75, 3.05) is 30.3 Å². The number of benzene rings is 2. The van der Waals surface area contributed by atoms with Gasteiger partial charge in [0.1, 0.15) is 5.82 Å². The molecule has 1 fully saturated rings. The monoisotopic (exact) mass is 419 g/mol. The van der Waals surface area contributed by atoms with Crippen molar-refractivity contribution in [1.29, 1.82) is 0 Å². The van der Waals surface area contributed by atoms with E-state index in [0.29, 0.717) is 29.4 Å². The predicted molar refractivity (Wildman–Crippen MR) is 111 cm³/mol. The Morgan fingerprint density at radius 1 is 1.14 bits per heavy atom. The van der Waals surface area contributed by atoms with Gasteiger partial charge in [-0.05, 0) is 56.3 Å². The standard InChI is InChI=1S/C21H23ClFN3O3/c1-13-11-26(12-14(2)29-13)21(28)15-3-6-17(7-4-15)24-10-20(27)25-19-9-16(22)5-8-18(19)23/h3-9,13-14,24H,10-12H2,1-2H3,(H,25,27). The van der Waals surface area contributed by atoms with Crippen LogP contribution in [0, 0.1) is 5.82 Å². The first kappa shape index (κ1) is 21.1. The summed E-state index contributed by atoms with van der Waals surface area (Å²) in [6.45, 7) is 4.96. The highest BCUT2D eigenvalue weighted by Gasteiger charge is 2.26. The Kier molecular flexibility index (Phi) is 6.71. The normalized spacial score (nSPS) is 19.0. The highest BCUT2D eigenvalue weighted by atomic mass is 35.5. The molecule has 154 valence electrons. The van der Waals surface area contributed by atoms with E-state index in [1.165, 1.54) is 18.2 Å². The molecule has 0 bridgehead atoms. The average molecular weight is 420 g/mol. The van der Waals surface area contributed by atoms with Gasteiger partial charge in [-0.2, -0.15) is 0 Å². The number of halogens is 2. The van der Waals surface area contributed by atoms with E-state index in [2.05, 4.69) is 10.6 Å². The van der Waals surface area contributed by atoms with E-state index in [1.807, 2.05) is 13.8 Å². The number of nitrogens with zero attached hydrogens (tertiary/aromatic N) is 1. The van der Waals surface area contributed by atoms with E-state index in [1.54, 1.807) is 29.2 Å². The van der Waals surface area contributed by atoms with E-state index >= 15 is 0 Å². The molecule has 0 aliphatic carbocycles. The Morgan fingerprint density at radius 3 is 2.45 bits per heavy atom. The van der Waals surface area contributed by atoms with Gasteiger partial charge in [0.05, 0.1) is 24.4 Å². The lowest BCUT2D eigenvalue weighted by molar-refractivity contribution is -0.114. The molecular formula is C21H23ClFN3O3. The number of carbonyl (C=O) groups is 2. The van der Waals surface area contributed by atoms with Gasteiger partial charge in [0.2, 0.25) is 5.91 Å². The Morgan fingerprint density at radius 2 is 1.79 bits per heavy atom. The van der Waals surface area contributed by atoms with Gasteiger partial charge < -0.3 is 20.3 Å². The molecule has 3 rings (SSSR count). The summed E-state index contributed by atoms with van der Waals surface area (Å²) in [5.74, 6) is -1.02.